The number of hydrogen-bond donors (Lipinski definition) is 3. The van der Waals surface area contributed by atoms with Crippen LogP contribution in [0.1, 0.15) is 5.56 Å². The molecule has 0 aromatic heterocycles. The summed E-state index contributed by atoms with van der Waals surface area (Å²) in [4.78, 5) is 0. The van der Waals surface area contributed by atoms with Crippen LogP contribution in [-0.4, -0.2) is 39.2 Å². The average Bonchev–Trinajstić information content (AvgIpc) is 2.29. The molecule has 1 rings (SSSR count). The fourth-order valence-corrected chi connectivity index (χ4v) is 1.34. The Morgan fingerprint density at radius 2 is 1.88 bits per heavy atom. The van der Waals surface area contributed by atoms with Crippen molar-refractivity contribution in [2.24, 2.45) is 0 Å². The smallest absolute Gasteiger partial charge is 0.0990 e. The van der Waals surface area contributed by atoms with Crippen molar-refractivity contribution in [2.45, 2.75) is 18.8 Å². The highest BCUT2D eigenvalue weighted by Gasteiger charge is 2.16. The van der Waals surface area contributed by atoms with Crippen LogP contribution < -0.4 is 0 Å². The minimum Gasteiger partial charge on any atom is -0.389 e. The van der Waals surface area contributed by atoms with Crippen LogP contribution in [0, 0.1) is 0 Å². The van der Waals surface area contributed by atoms with Crippen LogP contribution in [0.5, 0.6) is 0 Å². The molecule has 0 fully saturated rings. The van der Waals surface area contributed by atoms with Gasteiger partial charge in [0.2, 0.25) is 0 Å². The summed E-state index contributed by atoms with van der Waals surface area (Å²) in [6.07, 6.45) is -0.822. The number of aliphatic hydroxyl groups is 2. The Morgan fingerprint density at radius 3 is 2.44 bits per heavy atom. The second-order valence-corrected chi connectivity index (χ2v) is 3.63. The molecule has 16 heavy (non-hydrogen) atoms. The molecule has 4 heteroatoms. The van der Waals surface area contributed by atoms with Crippen molar-refractivity contribution >= 4 is 0 Å². The molecule has 1 aromatic carbocycles. The van der Waals surface area contributed by atoms with Crippen molar-refractivity contribution in [1.29, 1.82) is 0 Å². The summed E-state index contributed by atoms with van der Waals surface area (Å²) in [6.45, 7) is 3.64. The third-order valence-electron chi connectivity index (χ3n) is 2.24. The monoisotopic (exact) mass is 223 g/mol. The lowest BCUT2D eigenvalue weighted by Gasteiger charge is -2.20. The summed E-state index contributed by atoms with van der Waals surface area (Å²) in [5.41, 5.74) is 0.935. The van der Waals surface area contributed by atoms with Gasteiger partial charge in [-0.15, -0.1) is 6.58 Å². The second-order valence-electron chi connectivity index (χ2n) is 3.63. The molecule has 0 bridgehead atoms. The molecular weight excluding hydrogens is 206 g/mol. The topological polar surface area (TPSA) is 63.9 Å². The van der Waals surface area contributed by atoms with Crippen molar-refractivity contribution < 1.29 is 15.4 Å². The van der Waals surface area contributed by atoms with Crippen LogP contribution in [0.3, 0.4) is 0 Å². The summed E-state index contributed by atoms with van der Waals surface area (Å²) < 4.78 is 0. The van der Waals surface area contributed by atoms with E-state index in [2.05, 4.69) is 6.58 Å². The number of benzene rings is 1. The molecule has 1 aromatic rings. The minimum atomic E-state index is -1.04. The van der Waals surface area contributed by atoms with E-state index < -0.39 is 12.2 Å². The number of hydroxylamine groups is 2. The van der Waals surface area contributed by atoms with Crippen molar-refractivity contribution in [3.8, 4) is 0 Å². The molecule has 88 valence electrons. The van der Waals surface area contributed by atoms with Gasteiger partial charge in [0.1, 0.15) is 0 Å². The van der Waals surface area contributed by atoms with Gasteiger partial charge < -0.3 is 15.4 Å². The Morgan fingerprint density at radius 1 is 1.25 bits per heavy atom. The first-order valence-corrected chi connectivity index (χ1v) is 5.10. The van der Waals surface area contributed by atoms with Gasteiger partial charge in [0.15, 0.2) is 0 Å². The largest absolute Gasteiger partial charge is 0.389 e. The van der Waals surface area contributed by atoms with Gasteiger partial charge in [0, 0.05) is 6.54 Å². The summed E-state index contributed by atoms with van der Waals surface area (Å²) in [5, 5.41) is 29.2. The lowest BCUT2D eigenvalue weighted by Crippen LogP contribution is -2.36. The third-order valence-corrected chi connectivity index (χ3v) is 2.24. The Balaban J connectivity index is 2.42. The van der Waals surface area contributed by atoms with E-state index in [0.717, 1.165) is 10.6 Å². The standard InChI is InChI=1S/C12H17NO3/c1-2-11(14)12(15)9-13(16)8-10-6-4-3-5-7-10/h2-7,11-12,14-16H,1,8-9H2/t11-,12+/m0/s1. The van der Waals surface area contributed by atoms with Gasteiger partial charge in [-0.3, -0.25) is 0 Å². The Hall–Kier alpha value is -1.20. The van der Waals surface area contributed by atoms with E-state index >= 15 is 0 Å². The molecule has 0 aliphatic carbocycles. The normalized spacial score (nSPS) is 14.8. The van der Waals surface area contributed by atoms with Crippen LogP contribution >= 0.6 is 0 Å². The quantitative estimate of drug-likeness (QED) is 0.493. The zero-order valence-corrected chi connectivity index (χ0v) is 9.03. The second kappa shape index (κ2) is 6.40. The van der Waals surface area contributed by atoms with E-state index in [1.54, 1.807) is 0 Å². The van der Waals surface area contributed by atoms with Crippen LogP contribution in [0.2, 0.25) is 0 Å². The van der Waals surface area contributed by atoms with Gasteiger partial charge in [0.05, 0.1) is 18.8 Å². The number of aliphatic hydroxyl groups excluding tert-OH is 2. The summed E-state index contributed by atoms with van der Waals surface area (Å²) in [5.74, 6) is 0. The van der Waals surface area contributed by atoms with Gasteiger partial charge in [-0.25, -0.2) is 0 Å². The molecule has 0 amide bonds. The Kier molecular flexibility index (Phi) is 5.14. The van der Waals surface area contributed by atoms with Gasteiger partial charge >= 0.3 is 0 Å². The van der Waals surface area contributed by atoms with E-state index in [9.17, 15) is 15.4 Å². The Labute approximate surface area is 95.0 Å². The summed E-state index contributed by atoms with van der Waals surface area (Å²) in [7, 11) is 0. The van der Waals surface area contributed by atoms with Crippen LogP contribution in [-0.2, 0) is 6.54 Å². The Bertz CT molecular complexity index is 315. The maximum Gasteiger partial charge on any atom is 0.0990 e. The van der Waals surface area contributed by atoms with Crippen LogP contribution in [0.15, 0.2) is 43.0 Å². The lowest BCUT2D eigenvalue weighted by molar-refractivity contribution is -0.132. The lowest BCUT2D eigenvalue weighted by atomic mass is 10.2. The van der Waals surface area contributed by atoms with E-state index in [4.69, 9.17) is 0 Å². The molecule has 0 radical (unpaired) electrons. The summed E-state index contributed by atoms with van der Waals surface area (Å²) >= 11 is 0. The van der Waals surface area contributed by atoms with Crippen LogP contribution in [0.25, 0.3) is 0 Å². The van der Waals surface area contributed by atoms with E-state index in [-0.39, 0.29) is 6.54 Å². The van der Waals surface area contributed by atoms with Crippen molar-refractivity contribution in [3.05, 3.63) is 48.6 Å². The van der Waals surface area contributed by atoms with E-state index in [1.807, 2.05) is 30.3 Å². The highest BCUT2D eigenvalue weighted by atomic mass is 16.5. The minimum absolute atomic E-state index is 0.0257. The predicted molar refractivity (Wildman–Crippen MR) is 60.8 cm³/mol. The zero-order chi connectivity index (χ0) is 12.0. The summed E-state index contributed by atoms with van der Waals surface area (Å²) in [6, 6.07) is 9.39. The zero-order valence-electron chi connectivity index (χ0n) is 9.03. The van der Waals surface area contributed by atoms with Crippen molar-refractivity contribution in [1.82, 2.24) is 5.06 Å². The number of hydrogen-bond acceptors (Lipinski definition) is 4. The van der Waals surface area contributed by atoms with Gasteiger partial charge in [0.25, 0.3) is 0 Å². The molecular formula is C12H17NO3. The van der Waals surface area contributed by atoms with Crippen LogP contribution in [0.4, 0.5) is 0 Å². The van der Waals surface area contributed by atoms with Crippen molar-refractivity contribution in [2.75, 3.05) is 6.54 Å². The number of rotatable bonds is 6. The van der Waals surface area contributed by atoms with Gasteiger partial charge in [-0.2, -0.15) is 5.06 Å². The fraction of sp³-hybridized carbons (Fsp3) is 0.333. The molecule has 2 atom stereocenters. The predicted octanol–water partition coefficient (Wildman–Crippen LogP) is 0.786. The third kappa shape index (κ3) is 4.12. The number of nitrogens with zero attached hydrogens (tertiary/aromatic N) is 1. The fourth-order valence-electron chi connectivity index (χ4n) is 1.34. The molecule has 0 saturated carbocycles. The van der Waals surface area contributed by atoms with E-state index in [0.29, 0.717) is 6.54 Å². The molecule has 0 saturated heterocycles. The highest BCUT2D eigenvalue weighted by Crippen LogP contribution is 2.04. The van der Waals surface area contributed by atoms with E-state index in [1.165, 1.54) is 6.08 Å². The molecule has 0 heterocycles. The molecule has 3 N–H and O–H groups in total. The van der Waals surface area contributed by atoms with Gasteiger partial charge in [-0.1, -0.05) is 36.4 Å². The average molecular weight is 223 g/mol. The highest BCUT2D eigenvalue weighted by molar-refractivity contribution is 5.14. The first-order valence-electron chi connectivity index (χ1n) is 5.10. The SMILES string of the molecule is C=C[C@H](O)[C@H](O)CN(O)Cc1ccccc1. The molecule has 0 unspecified atom stereocenters. The van der Waals surface area contributed by atoms with Crippen molar-refractivity contribution in [3.63, 3.8) is 0 Å². The maximum absolute atomic E-state index is 9.55. The first-order chi connectivity index (χ1) is 7.63. The van der Waals surface area contributed by atoms with Gasteiger partial charge in [-0.05, 0) is 5.56 Å². The maximum atomic E-state index is 9.55. The molecule has 0 aliphatic rings. The molecule has 4 nitrogen and oxygen atoms in total. The molecule has 0 aliphatic heterocycles. The molecule has 0 spiro atoms. The first kappa shape index (κ1) is 12.9.